The van der Waals surface area contributed by atoms with Gasteiger partial charge in [0.25, 0.3) is 0 Å². The Labute approximate surface area is 161 Å². The number of carboxylic acid groups (broad SMARTS) is 1. The fraction of sp³-hybridized carbons (Fsp3) is 0.667. The molecule has 0 spiro atoms. The highest BCUT2D eigenvalue weighted by Crippen LogP contribution is 2.19. The second kappa shape index (κ2) is 10.1. The summed E-state index contributed by atoms with van der Waals surface area (Å²) in [6.07, 6.45) is 0.612. The molecule has 27 heavy (non-hydrogen) atoms. The molecule has 11 nitrogen and oxygen atoms in total. The molecule has 0 bridgehead atoms. The van der Waals surface area contributed by atoms with Gasteiger partial charge in [0.05, 0.1) is 12.5 Å². The van der Waals surface area contributed by atoms with Crippen LogP contribution in [0.2, 0.25) is 0 Å². The normalized spacial score (nSPS) is 19.7. The van der Waals surface area contributed by atoms with E-state index in [-0.39, 0.29) is 12.2 Å². The van der Waals surface area contributed by atoms with E-state index < -0.39 is 53.8 Å². The molecule has 12 heteroatoms. The Balaban J connectivity index is 2.69. The molecule has 4 amide bonds. The Morgan fingerprint density at radius 3 is 2.41 bits per heavy atom. The van der Waals surface area contributed by atoms with Crippen LogP contribution in [-0.4, -0.2) is 76.1 Å². The summed E-state index contributed by atoms with van der Waals surface area (Å²) in [6, 6.07) is -4.16. The molecule has 1 aliphatic rings. The summed E-state index contributed by atoms with van der Waals surface area (Å²) >= 11 is 3.84. The summed E-state index contributed by atoms with van der Waals surface area (Å²) < 4.78 is 0. The number of thiol groups is 1. The molecule has 7 N–H and O–H groups in total. The zero-order valence-electron chi connectivity index (χ0n) is 14.9. The molecule has 1 heterocycles. The lowest BCUT2D eigenvalue weighted by Crippen LogP contribution is -2.56. The second-order valence-corrected chi connectivity index (χ2v) is 6.64. The number of likely N-dealkylation sites (tertiary alicyclic amines) is 1. The number of aliphatic carboxylic acids is 1. The number of nitrogens with two attached hydrogens (primary N) is 2. The van der Waals surface area contributed by atoms with Gasteiger partial charge in [-0.1, -0.05) is 0 Å². The van der Waals surface area contributed by atoms with Gasteiger partial charge < -0.3 is 32.1 Å². The SMILES string of the molecule is CC(NC(=O)C1CCCN1C(=O)C(N)CC(N)=O)C(=O)NC(CS)C(=O)O. The van der Waals surface area contributed by atoms with E-state index in [1.807, 2.05) is 0 Å². The maximum Gasteiger partial charge on any atom is 0.327 e. The largest absolute Gasteiger partial charge is 0.480 e. The third-order valence-corrected chi connectivity index (χ3v) is 4.49. The molecule has 0 saturated carbocycles. The average Bonchev–Trinajstić information content (AvgIpc) is 3.07. The van der Waals surface area contributed by atoms with Crippen molar-refractivity contribution in [3.63, 3.8) is 0 Å². The van der Waals surface area contributed by atoms with Crippen molar-refractivity contribution in [2.45, 2.75) is 50.4 Å². The molecule has 152 valence electrons. The molecule has 0 aromatic heterocycles. The lowest BCUT2D eigenvalue weighted by atomic mass is 10.1. The Bertz CT molecular complexity index is 616. The standard InChI is InChI=1S/C15H25N5O6S/c1-7(12(22)19-9(6-27)15(25)26)18-13(23)10-3-2-4-20(10)14(24)8(16)5-11(17)21/h7-10,27H,2-6,16H2,1H3,(H2,17,21)(H,18,23)(H,19,22)(H,25,26). The fourth-order valence-electron chi connectivity index (χ4n) is 2.68. The van der Waals surface area contributed by atoms with Crippen LogP contribution < -0.4 is 22.1 Å². The van der Waals surface area contributed by atoms with Crippen LogP contribution in [-0.2, 0) is 24.0 Å². The summed E-state index contributed by atoms with van der Waals surface area (Å²) in [4.78, 5) is 60.0. The van der Waals surface area contributed by atoms with Crippen molar-refractivity contribution in [2.24, 2.45) is 11.5 Å². The Morgan fingerprint density at radius 2 is 1.89 bits per heavy atom. The van der Waals surface area contributed by atoms with Crippen molar-refractivity contribution >= 4 is 42.2 Å². The molecule has 1 fully saturated rings. The van der Waals surface area contributed by atoms with Gasteiger partial charge in [-0.15, -0.1) is 0 Å². The number of carbonyl (C=O) groups excluding carboxylic acids is 4. The molecular weight excluding hydrogens is 378 g/mol. The number of hydrogen-bond acceptors (Lipinski definition) is 7. The van der Waals surface area contributed by atoms with Gasteiger partial charge in [-0.25, -0.2) is 4.79 Å². The minimum absolute atomic E-state index is 0.107. The quantitative estimate of drug-likeness (QED) is 0.224. The van der Waals surface area contributed by atoms with E-state index in [9.17, 15) is 24.0 Å². The van der Waals surface area contributed by atoms with Crippen molar-refractivity contribution in [1.82, 2.24) is 15.5 Å². The van der Waals surface area contributed by atoms with Gasteiger partial charge in [0, 0.05) is 12.3 Å². The summed E-state index contributed by atoms with van der Waals surface area (Å²) in [5.41, 5.74) is 10.7. The van der Waals surface area contributed by atoms with Gasteiger partial charge in [0.15, 0.2) is 0 Å². The maximum atomic E-state index is 12.5. The minimum atomic E-state index is -1.24. The van der Waals surface area contributed by atoms with Crippen molar-refractivity contribution in [1.29, 1.82) is 0 Å². The third-order valence-electron chi connectivity index (χ3n) is 4.13. The Kier molecular flexibility index (Phi) is 8.50. The second-order valence-electron chi connectivity index (χ2n) is 6.28. The predicted octanol–water partition coefficient (Wildman–Crippen LogP) is -2.82. The molecule has 0 aromatic carbocycles. The molecule has 0 aliphatic carbocycles. The minimum Gasteiger partial charge on any atom is -0.480 e. The Hall–Kier alpha value is -2.34. The average molecular weight is 403 g/mol. The number of carbonyl (C=O) groups is 5. The van der Waals surface area contributed by atoms with Crippen molar-refractivity contribution < 1.29 is 29.1 Å². The van der Waals surface area contributed by atoms with Crippen LogP contribution in [0.4, 0.5) is 0 Å². The number of carboxylic acids is 1. The number of amides is 4. The first-order valence-corrected chi connectivity index (χ1v) is 9.00. The summed E-state index contributed by atoms with van der Waals surface area (Å²) in [5, 5.41) is 13.6. The lowest BCUT2D eigenvalue weighted by Gasteiger charge is -2.27. The zero-order valence-corrected chi connectivity index (χ0v) is 15.8. The molecular formula is C15H25N5O6S. The number of nitrogens with zero attached hydrogens (tertiary/aromatic N) is 1. The first kappa shape index (κ1) is 22.7. The molecule has 1 aliphatic heterocycles. The van der Waals surface area contributed by atoms with E-state index in [4.69, 9.17) is 16.6 Å². The van der Waals surface area contributed by atoms with Crippen molar-refractivity contribution in [3.05, 3.63) is 0 Å². The summed E-state index contributed by atoms with van der Waals surface area (Å²) in [7, 11) is 0. The third kappa shape index (κ3) is 6.40. The number of primary amides is 1. The number of rotatable bonds is 9. The first-order valence-electron chi connectivity index (χ1n) is 8.37. The number of hydrogen-bond donors (Lipinski definition) is 6. The smallest absolute Gasteiger partial charge is 0.327 e. The molecule has 1 saturated heterocycles. The summed E-state index contributed by atoms with van der Waals surface area (Å²) in [5.74, 6) is -3.89. The maximum absolute atomic E-state index is 12.5. The van der Waals surface area contributed by atoms with Gasteiger partial charge >= 0.3 is 5.97 Å². The summed E-state index contributed by atoms with van der Waals surface area (Å²) in [6.45, 7) is 1.69. The van der Waals surface area contributed by atoms with E-state index in [0.29, 0.717) is 19.4 Å². The predicted molar refractivity (Wildman–Crippen MR) is 97.5 cm³/mol. The van der Waals surface area contributed by atoms with E-state index in [1.165, 1.54) is 11.8 Å². The van der Waals surface area contributed by atoms with E-state index in [0.717, 1.165) is 0 Å². The van der Waals surface area contributed by atoms with Crippen LogP contribution in [0.3, 0.4) is 0 Å². The number of nitrogens with one attached hydrogen (secondary N) is 2. The van der Waals surface area contributed by atoms with Gasteiger partial charge in [-0.3, -0.25) is 19.2 Å². The van der Waals surface area contributed by atoms with Gasteiger partial charge in [0.1, 0.15) is 18.1 Å². The van der Waals surface area contributed by atoms with Crippen LogP contribution >= 0.6 is 12.6 Å². The highest BCUT2D eigenvalue weighted by molar-refractivity contribution is 7.80. The van der Waals surface area contributed by atoms with Crippen LogP contribution in [0, 0.1) is 0 Å². The first-order chi connectivity index (χ1) is 12.6. The zero-order chi connectivity index (χ0) is 20.7. The molecule has 0 aromatic rings. The fourth-order valence-corrected chi connectivity index (χ4v) is 2.92. The van der Waals surface area contributed by atoms with E-state index in [2.05, 4.69) is 23.3 Å². The highest BCUT2D eigenvalue weighted by Gasteiger charge is 2.37. The van der Waals surface area contributed by atoms with Crippen LogP contribution in [0.15, 0.2) is 0 Å². The van der Waals surface area contributed by atoms with Crippen molar-refractivity contribution in [3.8, 4) is 0 Å². The topological polar surface area (TPSA) is 185 Å². The monoisotopic (exact) mass is 403 g/mol. The van der Waals surface area contributed by atoms with Gasteiger partial charge in [-0.05, 0) is 19.8 Å². The van der Waals surface area contributed by atoms with Crippen LogP contribution in [0.5, 0.6) is 0 Å². The highest BCUT2D eigenvalue weighted by atomic mass is 32.1. The lowest BCUT2D eigenvalue weighted by molar-refractivity contribution is -0.142. The van der Waals surface area contributed by atoms with E-state index >= 15 is 0 Å². The van der Waals surface area contributed by atoms with E-state index in [1.54, 1.807) is 0 Å². The van der Waals surface area contributed by atoms with Gasteiger partial charge in [-0.2, -0.15) is 12.6 Å². The molecule has 0 radical (unpaired) electrons. The van der Waals surface area contributed by atoms with Crippen LogP contribution in [0.1, 0.15) is 26.2 Å². The van der Waals surface area contributed by atoms with Gasteiger partial charge in [0.2, 0.25) is 23.6 Å². The Morgan fingerprint density at radius 1 is 1.26 bits per heavy atom. The molecule has 1 rings (SSSR count). The molecule has 4 unspecified atom stereocenters. The molecule has 4 atom stereocenters. The van der Waals surface area contributed by atoms with Crippen molar-refractivity contribution in [2.75, 3.05) is 12.3 Å². The van der Waals surface area contributed by atoms with Crippen LogP contribution in [0.25, 0.3) is 0 Å².